The van der Waals surface area contributed by atoms with E-state index in [1.54, 1.807) is 20.0 Å². The van der Waals surface area contributed by atoms with E-state index in [0.29, 0.717) is 17.7 Å². The van der Waals surface area contributed by atoms with E-state index in [9.17, 15) is 22.0 Å². The minimum absolute atomic E-state index is 0.168. The van der Waals surface area contributed by atoms with Gasteiger partial charge >= 0.3 is 6.18 Å². The molecular weight excluding hydrogens is 449 g/mol. The highest BCUT2D eigenvalue weighted by Gasteiger charge is 2.30. The number of rotatable bonds is 8. The van der Waals surface area contributed by atoms with Gasteiger partial charge in [0.25, 0.3) is 6.43 Å². The summed E-state index contributed by atoms with van der Waals surface area (Å²) in [5.74, 6) is 0. The van der Waals surface area contributed by atoms with Crippen molar-refractivity contribution in [2.45, 2.75) is 33.1 Å². The van der Waals surface area contributed by atoms with Gasteiger partial charge in [-0.2, -0.15) is 13.2 Å². The number of oxime groups is 2. The molecule has 11 heteroatoms. The minimum atomic E-state index is -4.49. The number of nitrogens with zero attached hydrogens (tertiary/aromatic N) is 2. The van der Waals surface area contributed by atoms with Gasteiger partial charge in [-0.1, -0.05) is 40.6 Å². The van der Waals surface area contributed by atoms with Gasteiger partial charge in [0.05, 0.1) is 17.0 Å². The number of carbonyl (C=O) groups excluding carboxylic acids is 1. The molecule has 6 nitrogen and oxygen atoms in total. The van der Waals surface area contributed by atoms with E-state index in [1.807, 2.05) is 0 Å². The van der Waals surface area contributed by atoms with Crippen molar-refractivity contribution >= 4 is 17.8 Å². The van der Waals surface area contributed by atoms with Crippen molar-refractivity contribution in [3.8, 4) is 0 Å². The van der Waals surface area contributed by atoms with Crippen LogP contribution in [0.15, 0.2) is 52.8 Å². The fourth-order valence-electron chi connectivity index (χ4n) is 2.66. The topological polar surface area (TPSA) is 72.3 Å². The van der Waals surface area contributed by atoms with Gasteiger partial charge in [0.15, 0.2) is 0 Å². The summed E-state index contributed by atoms with van der Waals surface area (Å²) >= 11 is 0. The van der Waals surface area contributed by atoms with Crippen molar-refractivity contribution in [3.05, 3.63) is 70.3 Å². The molecule has 2 aromatic carbocycles. The number of alkyl halides is 5. The number of hydrogen-bond acceptors (Lipinski definition) is 5. The van der Waals surface area contributed by atoms with Crippen molar-refractivity contribution in [2.24, 2.45) is 10.3 Å². The monoisotopic (exact) mass is 473 g/mol. The number of halogens is 5. The Morgan fingerprint density at radius 2 is 1.73 bits per heavy atom. The van der Waals surface area contributed by atoms with Gasteiger partial charge in [0.1, 0.15) is 13.7 Å². The fourth-order valence-corrected chi connectivity index (χ4v) is 2.66. The van der Waals surface area contributed by atoms with Crippen molar-refractivity contribution in [2.75, 3.05) is 14.2 Å². The minimum Gasteiger partial charge on any atom is -0.399 e. The van der Waals surface area contributed by atoms with Crippen LogP contribution in [0, 0.1) is 0 Å². The normalized spacial score (nSPS) is 12.1. The van der Waals surface area contributed by atoms with Crippen LogP contribution in [0.5, 0.6) is 0 Å². The summed E-state index contributed by atoms with van der Waals surface area (Å²) in [7, 11) is 2.90. The van der Waals surface area contributed by atoms with Gasteiger partial charge in [-0.25, -0.2) is 8.78 Å². The van der Waals surface area contributed by atoms with Crippen LogP contribution in [0.3, 0.4) is 0 Å². The molecule has 0 saturated carbocycles. The predicted molar refractivity (Wildman–Crippen MR) is 114 cm³/mol. The molecule has 0 fully saturated rings. The maximum absolute atomic E-state index is 13.4. The SMILES string of the molecule is CNC=O.CO/N=C(/C)c1cccc(C(F)F)c1CO/N=C(\C)c1cccc(C(F)(F)F)c1. The number of carbonyl (C=O) groups is 1. The van der Waals surface area contributed by atoms with Crippen LogP contribution >= 0.6 is 0 Å². The van der Waals surface area contributed by atoms with E-state index < -0.39 is 18.2 Å². The van der Waals surface area contributed by atoms with Crippen LogP contribution in [-0.2, 0) is 27.3 Å². The van der Waals surface area contributed by atoms with Gasteiger partial charge in [0.2, 0.25) is 6.41 Å². The van der Waals surface area contributed by atoms with Crippen molar-refractivity contribution in [1.29, 1.82) is 0 Å². The molecular formula is C22H24F5N3O3. The third-order valence-corrected chi connectivity index (χ3v) is 4.20. The molecule has 0 aliphatic heterocycles. The van der Waals surface area contributed by atoms with E-state index in [4.69, 9.17) is 14.5 Å². The van der Waals surface area contributed by atoms with E-state index in [-0.39, 0.29) is 29.0 Å². The standard InChI is InChI=1S/C20H19F5N2O2.C2H5NO/c1-12(14-6-4-7-15(10-14)20(23,24)25)27-29-11-18-16(13(2)26-28-3)8-5-9-17(18)19(21)22;1-3-2-4/h4-10,19H,11H2,1-3H3;2H,1H3,(H,3,4)/b26-13-,27-12+;. The Hall–Kier alpha value is -3.50. The lowest BCUT2D eigenvalue weighted by molar-refractivity contribution is -0.137. The molecule has 33 heavy (non-hydrogen) atoms. The van der Waals surface area contributed by atoms with Crippen LogP contribution in [0.4, 0.5) is 22.0 Å². The third kappa shape index (κ3) is 8.51. The molecule has 2 rings (SSSR count). The second kappa shape index (κ2) is 13.1. The zero-order chi connectivity index (χ0) is 25.0. The molecule has 1 N–H and O–H groups in total. The lowest BCUT2D eigenvalue weighted by Crippen LogP contribution is -2.08. The largest absolute Gasteiger partial charge is 0.416 e. The molecule has 0 spiro atoms. The molecule has 0 aliphatic rings. The summed E-state index contributed by atoms with van der Waals surface area (Å²) in [5.41, 5.74) is 0.250. The van der Waals surface area contributed by atoms with Gasteiger partial charge in [-0.05, 0) is 31.5 Å². The van der Waals surface area contributed by atoms with Gasteiger partial charge in [0, 0.05) is 23.7 Å². The van der Waals surface area contributed by atoms with E-state index >= 15 is 0 Å². The van der Waals surface area contributed by atoms with Crippen LogP contribution < -0.4 is 5.32 Å². The lowest BCUT2D eigenvalue weighted by Gasteiger charge is -2.13. The molecule has 0 heterocycles. The fraction of sp³-hybridized carbons (Fsp3) is 0.318. The summed E-state index contributed by atoms with van der Waals surface area (Å²) in [4.78, 5) is 19.0. The number of nitrogens with one attached hydrogen (secondary N) is 1. The summed E-state index contributed by atoms with van der Waals surface area (Å²) in [6, 6.07) is 8.91. The lowest BCUT2D eigenvalue weighted by atomic mass is 9.99. The zero-order valence-electron chi connectivity index (χ0n) is 18.4. The Labute approximate surface area is 188 Å². The summed E-state index contributed by atoms with van der Waals surface area (Å²) < 4.78 is 65.3. The molecule has 180 valence electrons. The first kappa shape index (κ1) is 27.5. The number of benzene rings is 2. The molecule has 0 aliphatic carbocycles. The zero-order valence-corrected chi connectivity index (χ0v) is 18.4. The molecule has 0 bridgehead atoms. The van der Waals surface area contributed by atoms with Gasteiger partial charge < -0.3 is 15.0 Å². The Balaban J connectivity index is 0.00000125. The third-order valence-electron chi connectivity index (χ3n) is 4.20. The van der Waals surface area contributed by atoms with Crippen LogP contribution in [0.2, 0.25) is 0 Å². The highest BCUT2D eigenvalue weighted by molar-refractivity contribution is 6.00. The van der Waals surface area contributed by atoms with E-state index in [2.05, 4.69) is 15.6 Å². The maximum atomic E-state index is 13.4. The summed E-state index contributed by atoms with van der Waals surface area (Å²) in [6.45, 7) is 2.74. The quantitative estimate of drug-likeness (QED) is 0.244. The number of hydrogen-bond donors (Lipinski definition) is 1. The van der Waals surface area contributed by atoms with Crippen LogP contribution in [0.25, 0.3) is 0 Å². The maximum Gasteiger partial charge on any atom is 0.416 e. The molecule has 0 unspecified atom stereocenters. The second-order valence-corrected chi connectivity index (χ2v) is 6.47. The van der Waals surface area contributed by atoms with Gasteiger partial charge in [-0.15, -0.1) is 0 Å². The summed E-state index contributed by atoms with van der Waals surface area (Å²) in [6.07, 6.45) is -6.61. The van der Waals surface area contributed by atoms with Gasteiger partial charge in [-0.3, -0.25) is 4.79 Å². The first-order chi connectivity index (χ1) is 15.6. The highest BCUT2D eigenvalue weighted by Crippen LogP contribution is 2.30. The predicted octanol–water partition coefficient (Wildman–Crippen LogP) is 5.32. The second-order valence-electron chi connectivity index (χ2n) is 6.47. The molecule has 2 aromatic rings. The van der Waals surface area contributed by atoms with Crippen LogP contribution in [-0.4, -0.2) is 32.0 Å². The average molecular weight is 473 g/mol. The Bertz CT molecular complexity index is 976. The molecule has 0 saturated heterocycles. The summed E-state index contributed by atoms with van der Waals surface area (Å²) in [5, 5.41) is 9.80. The molecule has 0 atom stereocenters. The Morgan fingerprint density at radius 3 is 2.27 bits per heavy atom. The number of amides is 1. The molecule has 0 radical (unpaired) electrons. The first-order valence-electron chi connectivity index (χ1n) is 9.49. The highest BCUT2D eigenvalue weighted by atomic mass is 19.4. The van der Waals surface area contributed by atoms with Crippen molar-refractivity contribution < 1.29 is 36.4 Å². The average Bonchev–Trinajstić information content (AvgIpc) is 2.78. The van der Waals surface area contributed by atoms with Crippen molar-refractivity contribution in [3.63, 3.8) is 0 Å². The van der Waals surface area contributed by atoms with E-state index in [0.717, 1.165) is 12.1 Å². The van der Waals surface area contributed by atoms with Crippen molar-refractivity contribution in [1.82, 2.24) is 5.32 Å². The first-order valence-corrected chi connectivity index (χ1v) is 9.49. The Morgan fingerprint density at radius 1 is 1.09 bits per heavy atom. The van der Waals surface area contributed by atoms with E-state index in [1.165, 1.54) is 38.3 Å². The smallest absolute Gasteiger partial charge is 0.399 e. The molecule has 0 aromatic heterocycles. The van der Waals surface area contributed by atoms with Crippen LogP contribution in [0.1, 0.15) is 48.1 Å². The Kier molecular flexibility index (Phi) is 11.0. The molecule has 1 amide bonds.